The number of rotatable bonds is 5. The first-order chi connectivity index (χ1) is 7.97. The number of aryl methyl sites for hydroxylation is 2. The topological polar surface area (TPSA) is 35.2 Å². The minimum atomic E-state index is 0.110. The summed E-state index contributed by atoms with van der Waals surface area (Å²) >= 11 is 0. The zero-order valence-corrected chi connectivity index (χ0v) is 11.7. The summed E-state index contributed by atoms with van der Waals surface area (Å²) in [7, 11) is 0. The van der Waals surface area contributed by atoms with Gasteiger partial charge in [0.2, 0.25) is 0 Å². The van der Waals surface area contributed by atoms with Gasteiger partial charge in [-0.15, -0.1) is 0 Å². The lowest BCUT2D eigenvalue weighted by Crippen LogP contribution is -2.34. The van der Waals surface area contributed by atoms with Crippen LogP contribution in [0.1, 0.15) is 37.0 Å². The molecule has 0 fully saturated rings. The molecular weight excluding hydrogens is 210 g/mol. The van der Waals surface area contributed by atoms with Crippen molar-refractivity contribution in [1.29, 1.82) is 0 Å². The van der Waals surface area contributed by atoms with Crippen molar-refractivity contribution in [1.82, 2.24) is 0 Å². The molecule has 0 aliphatic heterocycles. The Morgan fingerprint density at radius 3 is 2.35 bits per heavy atom. The lowest BCUT2D eigenvalue weighted by Gasteiger charge is -2.21. The summed E-state index contributed by atoms with van der Waals surface area (Å²) < 4.78 is 5.91. The van der Waals surface area contributed by atoms with Gasteiger partial charge in [-0.1, -0.05) is 32.4 Å². The summed E-state index contributed by atoms with van der Waals surface area (Å²) in [6.07, 6.45) is 1.09. The highest BCUT2D eigenvalue weighted by Gasteiger charge is 2.13. The average Bonchev–Trinajstić information content (AvgIpc) is 2.32. The van der Waals surface area contributed by atoms with E-state index < -0.39 is 0 Å². The molecule has 1 aromatic carbocycles. The molecule has 0 saturated carbocycles. The van der Waals surface area contributed by atoms with Crippen molar-refractivity contribution in [2.45, 2.75) is 47.1 Å². The molecule has 96 valence electrons. The predicted molar refractivity (Wildman–Crippen MR) is 73.6 cm³/mol. The Bertz CT molecular complexity index is 373. The minimum Gasteiger partial charge on any atom is -0.491 e. The second kappa shape index (κ2) is 6.06. The van der Waals surface area contributed by atoms with Gasteiger partial charge in [0.15, 0.2) is 0 Å². The molecular formula is C15H25NO. The molecule has 0 saturated heterocycles. The highest BCUT2D eigenvalue weighted by Crippen LogP contribution is 2.26. The lowest BCUT2D eigenvalue weighted by molar-refractivity contribution is 0.247. The molecule has 1 rings (SSSR count). The van der Waals surface area contributed by atoms with Gasteiger partial charge in [-0.05, 0) is 43.4 Å². The fraction of sp³-hybridized carbons (Fsp3) is 0.600. The Balaban J connectivity index is 2.72. The summed E-state index contributed by atoms with van der Waals surface area (Å²) in [6, 6.07) is 4.35. The Hall–Kier alpha value is -1.02. The molecule has 0 heterocycles. The third-order valence-electron chi connectivity index (χ3n) is 3.67. The van der Waals surface area contributed by atoms with Crippen LogP contribution in [0.5, 0.6) is 5.75 Å². The maximum Gasteiger partial charge on any atom is 0.125 e. The highest BCUT2D eigenvalue weighted by atomic mass is 16.5. The SMILES string of the molecule is CCC(C)C(N)COc1c(C)ccc(C)c1C. The summed E-state index contributed by atoms with van der Waals surface area (Å²) in [4.78, 5) is 0. The summed E-state index contributed by atoms with van der Waals surface area (Å²) in [5, 5.41) is 0. The van der Waals surface area contributed by atoms with Gasteiger partial charge < -0.3 is 10.5 Å². The highest BCUT2D eigenvalue weighted by molar-refractivity contribution is 5.44. The smallest absolute Gasteiger partial charge is 0.125 e. The van der Waals surface area contributed by atoms with Crippen LogP contribution in [-0.4, -0.2) is 12.6 Å². The Labute approximate surface area is 105 Å². The van der Waals surface area contributed by atoms with Crippen LogP contribution in [0.25, 0.3) is 0 Å². The van der Waals surface area contributed by atoms with Crippen LogP contribution < -0.4 is 10.5 Å². The van der Waals surface area contributed by atoms with Crippen LogP contribution in [0.15, 0.2) is 12.1 Å². The van der Waals surface area contributed by atoms with Crippen LogP contribution in [0.4, 0.5) is 0 Å². The molecule has 0 aliphatic rings. The quantitative estimate of drug-likeness (QED) is 0.849. The number of hydrogen-bond acceptors (Lipinski definition) is 2. The van der Waals surface area contributed by atoms with Gasteiger partial charge in [0.25, 0.3) is 0 Å². The molecule has 2 atom stereocenters. The second-order valence-corrected chi connectivity index (χ2v) is 5.01. The molecule has 0 radical (unpaired) electrons. The van der Waals surface area contributed by atoms with Crippen molar-refractivity contribution in [3.05, 3.63) is 28.8 Å². The summed E-state index contributed by atoms with van der Waals surface area (Å²) in [6.45, 7) is 11.2. The molecule has 2 unspecified atom stereocenters. The fourth-order valence-electron chi connectivity index (χ4n) is 1.79. The van der Waals surface area contributed by atoms with Gasteiger partial charge in [-0.25, -0.2) is 0 Å². The Kier molecular flexibility index (Phi) is 5.01. The summed E-state index contributed by atoms with van der Waals surface area (Å²) in [5.41, 5.74) is 9.76. The molecule has 2 heteroatoms. The van der Waals surface area contributed by atoms with Gasteiger partial charge >= 0.3 is 0 Å². The first-order valence-corrected chi connectivity index (χ1v) is 6.42. The molecule has 0 spiro atoms. The van der Waals surface area contributed by atoms with Crippen molar-refractivity contribution in [3.63, 3.8) is 0 Å². The van der Waals surface area contributed by atoms with Gasteiger partial charge in [0.1, 0.15) is 12.4 Å². The van der Waals surface area contributed by atoms with E-state index in [0.29, 0.717) is 12.5 Å². The van der Waals surface area contributed by atoms with Gasteiger partial charge in [0, 0.05) is 6.04 Å². The van der Waals surface area contributed by atoms with Crippen molar-refractivity contribution >= 4 is 0 Å². The minimum absolute atomic E-state index is 0.110. The fourth-order valence-corrected chi connectivity index (χ4v) is 1.79. The van der Waals surface area contributed by atoms with E-state index in [1.165, 1.54) is 16.7 Å². The number of nitrogens with two attached hydrogens (primary N) is 1. The van der Waals surface area contributed by atoms with Crippen molar-refractivity contribution < 1.29 is 4.74 Å². The van der Waals surface area contributed by atoms with Gasteiger partial charge in [0.05, 0.1) is 0 Å². The lowest BCUT2D eigenvalue weighted by atomic mass is 10.0. The molecule has 2 nitrogen and oxygen atoms in total. The molecule has 17 heavy (non-hydrogen) atoms. The van der Waals surface area contributed by atoms with Crippen LogP contribution >= 0.6 is 0 Å². The van der Waals surface area contributed by atoms with E-state index in [-0.39, 0.29) is 6.04 Å². The molecule has 2 N–H and O–H groups in total. The first kappa shape index (κ1) is 14.0. The monoisotopic (exact) mass is 235 g/mol. The average molecular weight is 235 g/mol. The van der Waals surface area contributed by atoms with Crippen LogP contribution in [0, 0.1) is 26.7 Å². The van der Waals surface area contributed by atoms with E-state index in [4.69, 9.17) is 10.5 Å². The van der Waals surface area contributed by atoms with E-state index in [0.717, 1.165) is 12.2 Å². The van der Waals surface area contributed by atoms with Crippen LogP contribution in [0.3, 0.4) is 0 Å². The number of benzene rings is 1. The summed E-state index contributed by atoms with van der Waals surface area (Å²) in [5.74, 6) is 1.50. The van der Waals surface area contributed by atoms with Gasteiger partial charge in [-0.2, -0.15) is 0 Å². The normalized spacial score (nSPS) is 14.5. The molecule has 0 aromatic heterocycles. The van der Waals surface area contributed by atoms with E-state index >= 15 is 0 Å². The van der Waals surface area contributed by atoms with Crippen molar-refractivity contribution in [2.75, 3.05) is 6.61 Å². The maximum atomic E-state index is 6.09. The number of hydrogen-bond donors (Lipinski definition) is 1. The third kappa shape index (κ3) is 3.47. The maximum absolute atomic E-state index is 6.09. The second-order valence-electron chi connectivity index (χ2n) is 5.01. The van der Waals surface area contributed by atoms with Crippen LogP contribution in [0.2, 0.25) is 0 Å². The molecule has 1 aromatic rings. The predicted octanol–water partition coefficient (Wildman–Crippen LogP) is 3.36. The van der Waals surface area contributed by atoms with Crippen LogP contribution in [-0.2, 0) is 0 Å². The number of ether oxygens (including phenoxy) is 1. The first-order valence-electron chi connectivity index (χ1n) is 6.42. The molecule has 0 aliphatic carbocycles. The third-order valence-corrected chi connectivity index (χ3v) is 3.67. The largest absolute Gasteiger partial charge is 0.491 e. The molecule has 0 amide bonds. The van der Waals surface area contributed by atoms with E-state index in [9.17, 15) is 0 Å². The standard InChI is InChI=1S/C15H25NO/c1-6-10(2)14(16)9-17-15-12(4)8-7-11(3)13(15)5/h7-8,10,14H,6,9,16H2,1-5H3. The van der Waals surface area contributed by atoms with Crippen molar-refractivity contribution in [2.24, 2.45) is 11.7 Å². The van der Waals surface area contributed by atoms with E-state index in [1.54, 1.807) is 0 Å². The zero-order chi connectivity index (χ0) is 13.0. The van der Waals surface area contributed by atoms with Crippen molar-refractivity contribution in [3.8, 4) is 5.75 Å². The van der Waals surface area contributed by atoms with E-state index in [2.05, 4.69) is 46.8 Å². The Morgan fingerprint density at radius 1 is 1.18 bits per heavy atom. The van der Waals surface area contributed by atoms with Gasteiger partial charge in [-0.3, -0.25) is 0 Å². The Morgan fingerprint density at radius 2 is 1.76 bits per heavy atom. The zero-order valence-electron chi connectivity index (χ0n) is 11.7. The van der Waals surface area contributed by atoms with E-state index in [1.807, 2.05) is 0 Å². The molecule has 0 bridgehead atoms.